The second kappa shape index (κ2) is 10.6. The normalized spacial score (nSPS) is 14.5. The quantitative estimate of drug-likeness (QED) is 0.597. The Hall–Kier alpha value is -3.62. The lowest BCUT2D eigenvalue weighted by molar-refractivity contribution is -0.121. The Morgan fingerprint density at radius 3 is 2.47 bits per heavy atom. The molecule has 0 aliphatic carbocycles. The highest BCUT2D eigenvalue weighted by Crippen LogP contribution is 2.26. The topological polar surface area (TPSA) is 65.4 Å². The van der Waals surface area contributed by atoms with Crippen molar-refractivity contribution >= 4 is 5.91 Å². The smallest absolute Gasteiger partial charge is 0.224 e. The van der Waals surface area contributed by atoms with Crippen molar-refractivity contribution in [2.75, 3.05) is 13.1 Å². The molecule has 5 nitrogen and oxygen atoms in total. The summed E-state index contributed by atoms with van der Waals surface area (Å²) in [5, 5.41) is 12.4. The molecule has 0 radical (unpaired) electrons. The molecule has 1 aliphatic heterocycles. The lowest BCUT2D eigenvalue weighted by Gasteiger charge is -2.32. The second-order valence-corrected chi connectivity index (χ2v) is 8.14. The summed E-state index contributed by atoms with van der Waals surface area (Å²) >= 11 is 0. The van der Waals surface area contributed by atoms with E-state index in [2.05, 4.69) is 22.4 Å². The van der Waals surface area contributed by atoms with Gasteiger partial charge in [-0.2, -0.15) is 5.26 Å². The molecule has 1 heterocycles. The number of nitrogens with zero attached hydrogens (tertiary/aromatic N) is 2. The van der Waals surface area contributed by atoms with Gasteiger partial charge in [0.1, 0.15) is 17.6 Å². The fraction of sp³-hybridized carbons (Fsp3) is 0.259. The van der Waals surface area contributed by atoms with E-state index in [-0.39, 0.29) is 11.9 Å². The van der Waals surface area contributed by atoms with Gasteiger partial charge in [0.15, 0.2) is 0 Å². The molecule has 162 valence electrons. The van der Waals surface area contributed by atoms with E-state index in [1.807, 2.05) is 66.7 Å². The van der Waals surface area contributed by atoms with Gasteiger partial charge in [0.05, 0.1) is 12.0 Å². The van der Waals surface area contributed by atoms with E-state index in [0.29, 0.717) is 17.7 Å². The zero-order valence-corrected chi connectivity index (χ0v) is 18.0. The molecule has 32 heavy (non-hydrogen) atoms. The van der Waals surface area contributed by atoms with Gasteiger partial charge in [0, 0.05) is 25.7 Å². The third-order valence-electron chi connectivity index (χ3n) is 5.70. The van der Waals surface area contributed by atoms with Gasteiger partial charge < -0.3 is 10.1 Å². The average Bonchev–Trinajstić information content (AvgIpc) is 2.82. The molecule has 0 bridgehead atoms. The van der Waals surface area contributed by atoms with E-state index in [9.17, 15) is 10.1 Å². The second-order valence-electron chi connectivity index (χ2n) is 8.14. The number of piperidine rings is 1. The van der Waals surface area contributed by atoms with Crippen molar-refractivity contribution in [1.82, 2.24) is 10.2 Å². The first kappa shape index (κ1) is 21.6. The minimum absolute atomic E-state index is 0.0946. The van der Waals surface area contributed by atoms with Gasteiger partial charge in [-0.05, 0) is 48.2 Å². The van der Waals surface area contributed by atoms with Gasteiger partial charge in [-0.25, -0.2) is 0 Å². The number of likely N-dealkylation sites (tertiary alicyclic amines) is 1. The summed E-state index contributed by atoms with van der Waals surface area (Å²) in [4.78, 5) is 14.7. The highest BCUT2D eigenvalue weighted by Gasteiger charge is 2.21. The van der Waals surface area contributed by atoms with Gasteiger partial charge in [-0.3, -0.25) is 9.69 Å². The van der Waals surface area contributed by atoms with Gasteiger partial charge in [0.25, 0.3) is 0 Å². The first-order chi connectivity index (χ1) is 15.7. The number of benzene rings is 3. The lowest BCUT2D eigenvalue weighted by Crippen LogP contribution is -2.44. The summed E-state index contributed by atoms with van der Waals surface area (Å²) in [5.74, 6) is 1.39. The maximum atomic E-state index is 12.3. The summed E-state index contributed by atoms with van der Waals surface area (Å²) < 4.78 is 5.95. The maximum Gasteiger partial charge on any atom is 0.224 e. The molecular weight excluding hydrogens is 398 g/mol. The van der Waals surface area contributed by atoms with E-state index in [0.717, 1.165) is 43.8 Å². The highest BCUT2D eigenvalue weighted by molar-refractivity contribution is 5.78. The SMILES string of the molecule is N#Cc1ccccc1Oc1cccc(CN2CCC(NC(=O)Cc3ccccc3)CC2)c1. The summed E-state index contributed by atoms with van der Waals surface area (Å²) in [6.07, 6.45) is 2.33. The minimum Gasteiger partial charge on any atom is -0.456 e. The summed E-state index contributed by atoms with van der Waals surface area (Å²) in [7, 11) is 0. The van der Waals surface area contributed by atoms with Crippen LogP contribution in [-0.4, -0.2) is 29.9 Å². The van der Waals surface area contributed by atoms with Crippen LogP contribution in [0.25, 0.3) is 0 Å². The Morgan fingerprint density at radius 2 is 1.69 bits per heavy atom. The molecule has 0 atom stereocenters. The predicted molar refractivity (Wildman–Crippen MR) is 124 cm³/mol. The van der Waals surface area contributed by atoms with E-state index in [4.69, 9.17) is 4.74 Å². The molecule has 3 aromatic carbocycles. The van der Waals surface area contributed by atoms with Gasteiger partial charge >= 0.3 is 0 Å². The van der Waals surface area contributed by atoms with Crippen molar-refractivity contribution in [3.05, 3.63) is 95.6 Å². The first-order valence-electron chi connectivity index (χ1n) is 11.0. The Morgan fingerprint density at radius 1 is 0.969 bits per heavy atom. The zero-order chi connectivity index (χ0) is 22.2. The number of nitriles is 1. The van der Waals surface area contributed by atoms with Crippen molar-refractivity contribution in [2.24, 2.45) is 0 Å². The highest BCUT2D eigenvalue weighted by atomic mass is 16.5. The number of ether oxygens (including phenoxy) is 1. The molecule has 4 rings (SSSR count). The number of carbonyl (C=O) groups excluding carboxylic acids is 1. The fourth-order valence-electron chi connectivity index (χ4n) is 4.04. The Labute approximate surface area is 189 Å². The van der Waals surface area contributed by atoms with Crippen molar-refractivity contribution < 1.29 is 9.53 Å². The van der Waals surface area contributed by atoms with E-state index >= 15 is 0 Å². The number of amides is 1. The molecular formula is C27H27N3O2. The largest absolute Gasteiger partial charge is 0.456 e. The zero-order valence-electron chi connectivity index (χ0n) is 18.0. The molecule has 1 saturated heterocycles. The van der Waals surface area contributed by atoms with Crippen LogP contribution in [0.1, 0.15) is 29.5 Å². The molecule has 1 N–H and O–H groups in total. The Balaban J connectivity index is 1.27. The van der Waals surface area contributed by atoms with Crippen LogP contribution < -0.4 is 10.1 Å². The minimum atomic E-state index is 0.0946. The molecule has 0 aromatic heterocycles. The van der Waals surface area contributed by atoms with Gasteiger partial charge in [0.2, 0.25) is 5.91 Å². The molecule has 0 unspecified atom stereocenters. The number of nitrogens with one attached hydrogen (secondary N) is 1. The van der Waals surface area contributed by atoms with Crippen molar-refractivity contribution in [1.29, 1.82) is 5.26 Å². The monoisotopic (exact) mass is 425 g/mol. The summed E-state index contributed by atoms with van der Waals surface area (Å²) in [5.41, 5.74) is 2.74. The molecule has 1 amide bonds. The molecule has 3 aromatic rings. The Bertz CT molecular complexity index is 1080. The average molecular weight is 426 g/mol. The number of carbonyl (C=O) groups is 1. The van der Waals surface area contributed by atoms with Crippen molar-refractivity contribution in [2.45, 2.75) is 31.8 Å². The molecule has 0 saturated carbocycles. The van der Waals surface area contributed by atoms with Gasteiger partial charge in [-0.15, -0.1) is 0 Å². The molecule has 0 spiro atoms. The standard InChI is InChI=1S/C27H27N3O2/c28-19-23-10-4-5-12-26(23)32-25-11-6-9-22(17-25)20-30-15-13-24(14-16-30)29-27(31)18-21-7-2-1-3-8-21/h1-12,17,24H,13-16,18,20H2,(H,29,31). The lowest BCUT2D eigenvalue weighted by atomic mass is 10.0. The van der Waals surface area contributed by atoms with E-state index in [1.165, 1.54) is 5.56 Å². The van der Waals surface area contributed by atoms with Crippen LogP contribution in [0.2, 0.25) is 0 Å². The van der Waals surface area contributed by atoms with E-state index < -0.39 is 0 Å². The third-order valence-corrected chi connectivity index (χ3v) is 5.70. The number of hydrogen-bond donors (Lipinski definition) is 1. The van der Waals surface area contributed by atoms with Crippen LogP contribution in [0.3, 0.4) is 0 Å². The first-order valence-corrected chi connectivity index (χ1v) is 11.0. The summed E-state index contributed by atoms with van der Waals surface area (Å²) in [6.45, 7) is 2.72. The van der Waals surface area contributed by atoms with Crippen molar-refractivity contribution in [3.8, 4) is 17.6 Å². The maximum absolute atomic E-state index is 12.3. The fourth-order valence-corrected chi connectivity index (χ4v) is 4.04. The number of hydrogen-bond acceptors (Lipinski definition) is 4. The van der Waals surface area contributed by atoms with Crippen LogP contribution in [0.5, 0.6) is 11.5 Å². The predicted octanol–water partition coefficient (Wildman–Crippen LogP) is 4.67. The van der Waals surface area contributed by atoms with Crippen LogP contribution in [0.15, 0.2) is 78.9 Å². The van der Waals surface area contributed by atoms with E-state index in [1.54, 1.807) is 6.07 Å². The van der Waals surface area contributed by atoms with Gasteiger partial charge in [-0.1, -0.05) is 54.6 Å². The van der Waals surface area contributed by atoms with Crippen LogP contribution in [-0.2, 0) is 17.8 Å². The Kier molecular flexibility index (Phi) is 7.16. The third kappa shape index (κ3) is 5.96. The van der Waals surface area contributed by atoms with Crippen LogP contribution >= 0.6 is 0 Å². The number of para-hydroxylation sites is 1. The molecule has 1 aliphatic rings. The van der Waals surface area contributed by atoms with Crippen LogP contribution in [0.4, 0.5) is 0 Å². The molecule has 5 heteroatoms. The van der Waals surface area contributed by atoms with Crippen LogP contribution in [0, 0.1) is 11.3 Å². The molecule has 1 fully saturated rings. The number of rotatable bonds is 7. The van der Waals surface area contributed by atoms with Crippen molar-refractivity contribution in [3.63, 3.8) is 0 Å². The summed E-state index contributed by atoms with van der Waals surface area (Å²) in [6, 6.07) is 27.5.